The molecule has 4 rings (SSSR count). The van der Waals surface area contributed by atoms with Gasteiger partial charge in [0.1, 0.15) is 16.5 Å². The summed E-state index contributed by atoms with van der Waals surface area (Å²) in [4.78, 5) is 19.1. The highest BCUT2D eigenvalue weighted by molar-refractivity contribution is 14.1. The molecular weight excluding hydrogens is 511 g/mol. The van der Waals surface area contributed by atoms with Crippen molar-refractivity contribution >= 4 is 51.1 Å². The van der Waals surface area contributed by atoms with Gasteiger partial charge in [0.2, 0.25) is 0 Å². The van der Waals surface area contributed by atoms with Gasteiger partial charge in [-0.3, -0.25) is 4.79 Å². The van der Waals surface area contributed by atoms with E-state index in [0.717, 1.165) is 39.4 Å². The van der Waals surface area contributed by atoms with E-state index in [4.69, 9.17) is 8.83 Å². The first-order valence-electron chi connectivity index (χ1n) is 10.1. The molecule has 1 aliphatic carbocycles. The number of hydrogen-bond donors (Lipinski definition) is 1. The molecular formula is C23H25IN2O3S. The van der Waals surface area contributed by atoms with Crippen LogP contribution in [0.15, 0.2) is 44.4 Å². The monoisotopic (exact) mass is 536 g/mol. The number of fused-ring (bicyclic) bond motifs is 1. The zero-order chi connectivity index (χ0) is 21.3. The fourth-order valence-corrected chi connectivity index (χ4v) is 5.53. The third kappa shape index (κ3) is 4.72. The molecule has 0 aromatic carbocycles. The van der Waals surface area contributed by atoms with Gasteiger partial charge >= 0.3 is 0 Å². The highest BCUT2D eigenvalue weighted by atomic mass is 127. The summed E-state index contributed by atoms with van der Waals surface area (Å²) < 4.78 is 11.8. The molecule has 5 nitrogen and oxygen atoms in total. The zero-order valence-corrected chi connectivity index (χ0v) is 20.3. The van der Waals surface area contributed by atoms with Gasteiger partial charge in [-0.25, -0.2) is 4.99 Å². The first-order valence-corrected chi connectivity index (χ1v) is 12.0. The minimum Gasteiger partial charge on any atom is -0.467 e. The Morgan fingerprint density at radius 3 is 2.87 bits per heavy atom. The Bertz CT molecular complexity index is 1060. The smallest absolute Gasteiger partial charge is 0.255 e. The fraction of sp³-hybridized carbons (Fsp3) is 0.391. The van der Waals surface area contributed by atoms with Crippen molar-refractivity contribution < 1.29 is 13.6 Å². The van der Waals surface area contributed by atoms with Gasteiger partial charge in [0.25, 0.3) is 5.91 Å². The highest BCUT2D eigenvalue weighted by Crippen LogP contribution is 2.45. The van der Waals surface area contributed by atoms with E-state index in [9.17, 15) is 4.79 Å². The summed E-state index contributed by atoms with van der Waals surface area (Å²) in [6, 6.07) is 7.45. The second-order valence-corrected chi connectivity index (χ2v) is 10.8. The molecule has 0 radical (unpaired) electrons. The average Bonchev–Trinajstić information content (AvgIpc) is 3.42. The lowest BCUT2D eigenvalue weighted by molar-refractivity contribution is 0.0947. The van der Waals surface area contributed by atoms with Crippen LogP contribution in [0, 0.1) is 15.1 Å². The molecule has 1 atom stereocenters. The van der Waals surface area contributed by atoms with Gasteiger partial charge in [0.15, 0.2) is 3.77 Å². The summed E-state index contributed by atoms with van der Waals surface area (Å²) in [6.07, 6.45) is 6.30. The van der Waals surface area contributed by atoms with E-state index in [2.05, 4.69) is 53.7 Å². The van der Waals surface area contributed by atoms with Gasteiger partial charge in [-0.2, -0.15) is 0 Å². The molecule has 3 heterocycles. The number of aliphatic imine (C=N–C) groups is 1. The Morgan fingerprint density at radius 2 is 2.20 bits per heavy atom. The standard InChI is InChI=1S/C23H25IN2O3S/c1-23(2,3)14-6-8-17-18(11-14)30-22(26-13-16-7-9-19(24)29-16)20(17)21(27)25-12-15-5-4-10-28-15/h4-5,7,9-10,13-14H,6,8,11-12H2,1-3H3,(H,25,27)/t14-/m0/s1. The van der Waals surface area contributed by atoms with Crippen LogP contribution in [0.2, 0.25) is 0 Å². The third-order valence-electron chi connectivity index (χ3n) is 5.60. The maximum absolute atomic E-state index is 13.1. The summed E-state index contributed by atoms with van der Waals surface area (Å²) in [5.41, 5.74) is 2.10. The number of thiophene rings is 1. The summed E-state index contributed by atoms with van der Waals surface area (Å²) in [5, 5.41) is 3.75. The van der Waals surface area contributed by atoms with E-state index >= 15 is 0 Å². The van der Waals surface area contributed by atoms with Crippen molar-refractivity contribution in [2.24, 2.45) is 16.3 Å². The van der Waals surface area contributed by atoms with Crippen molar-refractivity contribution in [2.75, 3.05) is 0 Å². The van der Waals surface area contributed by atoms with Crippen LogP contribution in [-0.2, 0) is 19.4 Å². The number of furan rings is 2. The van der Waals surface area contributed by atoms with Crippen LogP contribution in [0.5, 0.6) is 0 Å². The summed E-state index contributed by atoms with van der Waals surface area (Å²) in [7, 11) is 0. The number of carbonyl (C=O) groups is 1. The SMILES string of the molecule is CC(C)(C)[C@H]1CCc2c(sc(N=Cc3ccc(I)o3)c2C(=O)NCc2ccco2)C1. The van der Waals surface area contributed by atoms with Gasteiger partial charge in [0.05, 0.1) is 24.6 Å². The molecule has 7 heteroatoms. The molecule has 158 valence electrons. The highest BCUT2D eigenvalue weighted by Gasteiger charge is 2.33. The molecule has 3 aromatic heterocycles. The van der Waals surface area contributed by atoms with Crippen LogP contribution in [0.25, 0.3) is 0 Å². The minimum absolute atomic E-state index is 0.0979. The lowest BCUT2D eigenvalue weighted by Gasteiger charge is -2.33. The van der Waals surface area contributed by atoms with Crippen LogP contribution in [0.4, 0.5) is 5.00 Å². The number of carbonyl (C=O) groups excluding carboxylic acids is 1. The number of nitrogens with zero attached hydrogens (tertiary/aromatic N) is 1. The molecule has 0 bridgehead atoms. The molecule has 30 heavy (non-hydrogen) atoms. The van der Waals surface area contributed by atoms with Gasteiger partial charge in [0, 0.05) is 4.88 Å². The fourth-order valence-electron chi connectivity index (χ4n) is 3.82. The van der Waals surface area contributed by atoms with Gasteiger partial charge in [-0.15, -0.1) is 11.3 Å². The van der Waals surface area contributed by atoms with Gasteiger partial charge in [-0.05, 0) is 83.0 Å². The lowest BCUT2D eigenvalue weighted by Crippen LogP contribution is -2.28. The van der Waals surface area contributed by atoms with E-state index in [1.165, 1.54) is 4.88 Å². The normalized spacial score (nSPS) is 16.7. The molecule has 1 N–H and O–H groups in total. The number of rotatable bonds is 5. The topological polar surface area (TPSA) is 67.7 Å². The van der Waals surface area contributed by atoms with Crippen LogP contribution in [0.3, 0.4) is 0 Å². The van der Waals surface area contributed by atoms with E-state index in [-0.39, 0.29) is 11.3 Å². The predicted octanol–water partition coefficient (Wildman–Crippen LogP) is 6.37. The van der Waals surface area contributed by atoms with Crippen LogP contribution < -0.4 is 5.32 Å². The largest absolute Gasteiger partial charge is 0.467 e. The molecule has 0 unspecified atom stereocenters. The number of hydrogen-bond acceptors (Lipinski definition) is 5. The quantitative estimate of drug-likeness (QED) is 0.305. The zero-order valence-electron chi connectivity index (χ0n) is 17.3. The second kappa shape index (κ2) is 8.70. The molecule has 0 saturated heterocycles. The maximum Gasteiger partial charge on any atom is 0.255 e. The molecule has 0 fully saturated rings. The predicted molar refractivity (Wildman–Crippen MR) is 128 cm³/mol. The van der Waals surface area contributed by atoms with Gasteiger partial charge in [-0.1, -0.05) is 20.8 Å². The van der Waals surface area contributed by atoms with Crippen LogP contribution in [-0.4, -0.2) is 12.1 Å². The van der Waals surface area contributed by atoms with Gasteiger partial charge < -0.3 is 14.2 Å². The summed E-state index contributed by atoms with van der Waals surface area (Å²) >= 11 is 3.76. The Hall–Kier alpha value is -1.87. The Kier molecular flexibility index (Phi) is 6.20. The lowest BCUT2D eigenvalue weighted by atomic mass is 9.72. The van der Waals surface area contributed by atoms with Crippen molar-refractivity contribution in [3.05, 3.63) is 61.8 Å². The number of nitrogens with one attached hydrogen (secondary N) is 1. The summed E-state index contributed by atoms with van der Waals surface area (Å²) in [6.45, 7) is 7.25. The molecule has 1 amide bonds. The molecule has 0 saturated carbocycles. The third-order valence-corrected chi connectivity index (χ3v) is 7.35. The van der Waals surface area contributed by atoms with E-state index in [1.807, 2.05) is 24.3 Å². The Labute approximate surface area is 194 Å². The van der Waals surface area contributed by atoms with Crippen LogP contribution >= 0.6 is 33.9 Å². The number of amides is 1. The minimum atomic E-state index is -0.0979. The molecule has 1 aliphatic rings. The molecule has 0 spiro atoms. The van der Waals surface area contributed by atoms with Crippen molar-refractivity contribution in [2.45, 2.75) is 46.6 Å². The first kappa shape index (κ1) is 21.4. The van der Waals surface area contributed by atoms with Crippen molar-refractivity contribution in [1.29, 1.82) is 0 Å². The number of halogens is 1. The second-order valence-electron chi connectivity index (χ2n) is 8.65. The molecule has 0 aliphatic heterocycles. The van der Waals surface area contributed by atoms with Crippen LogP contribution in [0.1, 0.15) is 59.5 Å². The van der Waals surface area contributed by atoms with Crippen molar-refractivity contribution in [3.8, 4) is 0 Å². The first-order chi connectivity index (χ1) is 14.3. The Morgan fingerprint density at radius 1 is 1.37 bits per heavy atom. The summed E-state index contributed by atoms with van der Waals surface area (Å²) in [5.74, 6) is 1.92. The molecule has 3 aromatic rings. The maximum atomic E-state index is 13.1. The van der Waals surface area contributed by atoms with E-state index in [1.54, 1.807) is 23.8 Å². The van der Waals surface area contributed by atoms with Crippen molar-refractivity contribution in [3.63, 3.8) is 0 Å². The Balaban J connectivity index is 1.64. The van der Waals surface area contributed by atoms with E-state index in [0.29, 0.717) is 23.8 Å². The average molecular weight is 536 g/mol. The van der Waals surface area contributed by atoms with E-state index < -0.39 is 0 Å². The van der Waals surface area contributed by atoms with Crippen molar-refractivity contribution in [1.82, 2.24) is 5.32 Å².